The van der Waals surface area contributed by atoms with E-state index in [0.29, 0.717) is 12.0 Å². The second kappa shape index (κ2) is 6.59. The van der Waals surface area contributed by atoms with Crippen LogP contribution in [0.4, 0.5) is 0 Å². The molecular weight excluding hydrogens is 318 g/mol. The van der Waals surface area contributed by atoms with Crippen molar-refractivity contribution in [3.8, 4) is 0 Å². The normalized spacial score (nSPS) is 26.1. The molecule has 1 fully saturated rings. The largest absolute Gasteiger partial charge is 0.481 e. The third kappa shape index (κ3) is 3.13. The number of carbonyl (C=O) groups is 1. The van der Waals surface area contributed by atoms with Crippen LogP contribution in [0.15, 0.2) is 29.2 Å². The second-order valence-corrected chi connectivity index (χ2v) is 8.03. The van der Waals surface area contributed by atoms with Crippen LogP contribution in [-0.2, 0) is 14.8 Å². The summed E-state index contributed by atoms with van der Waals surface area (Å²) < 4.78 is 27.0. The van der Waals surface area contributed by atoms with Gasteiger partial charge in [-0.15, -0.1) is 0 Å². The summed E-state index contributed by atoms with van der Waals surface area (Å²) in [4.78, 5) is 12.0. The number of carboxylic acids is 1. The molecule has 1 aromatic carbocycles. The quantitative estimate of drug-likeness (QED) is 0.848. The van der Waals surface area contributed by atoms with Gasteiger partial charge in [0.15, 0.2) is 0 Å². The number of aliphatic hydroxyl groups excluding tert-OH is 1. The Morgan fingerprint density at radius 2 is 2.04 bits per heavy atom. The van der Waals surface area contributed by atoms with Crippen LogP contribution >= 0.6 is 0 Å². The maximum absolute atomic E-state index is 12.9. The van der Waals surface area contributed by atoms with Crippen molar-refractivity contribution >= 4 is 16.0 Å². The van der Waals surface area contributed by atoms with Crippen LogP contribution in [0.5, 0.6) is 0 Å². The first-order valence-corrected chi connectivity index (χ1v) is 9.17. The van der Waals surface area contributed by atoms with Crippen LogP contribution in [0.3, 0.4) is 0 Å². The molecular formula is C16H23NO5S. The molecule has 23 heavy (non-hydrogen) atoms. The van der Waals surface area contributed by atoms with Gasteiger partial charge in [0, 0.05) is 13.1 Å². The van der Waals surface area contributed by atoms with Crippen molar-refractivity contribution in [3.05, 3.63) is 29.8 Å². The number of aliphatic hydroxyl groups is 1. The van der Waals surface area contributed by atoms with E-state index in [-0.39, 0.29) is 30.8 Å². The number of nitrogens with zero attached hydrogens (tertiary/aromatic N) is 1. The number of hydrogen-bond acceptors (Lipinski definition) is 4. The molecule has 2 rings (SSSR count). The predicted octanol–water partition coefficient (Wildman–Crippen LogP) is 1.62. The summed E-state index contributed by atoms with van der Waals surface area (Å²) in [6.07, 6.45) is -0.120. The topological polar surface area (TPSA) is 94.9 Å². The fraction of sp³-hybridized carbons (Fsp3) is 0.562. The van der Waals surface area contributed by atoms with E-state index in [1.807, 2.05) is 6.92 Å². The van der Waals surface area contributed by atoms with Crippen molar-refractivity contribution in [1.82, 2.24) is 4.31 Å². The van der Waals surface area contributed by atoms with Gasteiger partial charge in [-0.2, -0.15) is 4.31 Å². The van der Waals surface area contributed by atoms with Crippen molar-refractivity contribution in [2.75, 3.05) is 13.1 Å². The summed E-state index contributed by atoms with van der Waals surface area (Å²) >= 11 is 0. The molecule has 6 nitrogen and oxygen atoms in total. The van der Waals surface area contributed by atoms with Crippen molar-refractivity contribution in [1.29, 1.82) is 0 Å². The molecule has 0 amide bonds. The number of carboxylic acid groups (broad SMARTS) is 1. The maximum atomic E-state index is 12.9. The molecule has 2 N–H and O–H groups in total. The first kappa shape index (κ1) is 17.9. The molecule has 1 aromatic rings. The summed E-state index contributed by atoms with van der Waals surface area (Å²) in [6, 6.07) is 6.64. The van der Waals surface area contributed by atoms with Gasteiger partial charge in [0.05, 0.1) is 11.0 Å². The zero-order valence-electron chi connectivity index (χ0n) is 13.4. The highest BCUT2D eigenvalue weighted by molar-refractivity contribution is 7.89. The minimum atomic E-state index is -3.78. The highest BCUT2D eigenvalue weighted by Crippen LogP contribution is 2.37. The molecule has 0 spiro atoms. The Hall–Kier alpha value is -1.44. The molecule has 1 aliphatic rings. The number of rotatable bonds is 5. The smallest absolute Gasteiger partial charge is 0.313 e. The molecule has 0 aliphatic carbocycles. The Kier molecular flexibility index (Phi) is 5.13. The lowest BCUT2D eigenvalue weighted by molar-refractivity contribution is -0.161. The van der Waals surface area contributed by atoms with E-state index in [9.17, 15) is 23.4 Å². The molecule has 128 valence electrons. The van der Waals surface area contributed by atoms with Gasteiger partial charge in [-0.05, 0) is 31.4 Å². The number of piperidine rings is 1. The summed E-state index contributed by atoms with van der Waals surface area (Å²) in [7, 11) is -3.78. The standard InChI is InChI=1S/C16H23NO5S/c1-3-9-16(15(19)20)11-17(10-8-14(16)18)23(21,22)13-7-5-4-6-12(13)2/h4-7,14,18H,3,8-11H2,1-2H3,(H,19,20)/t14-,16-/m0/s1. The Morgan fingerprint density at radius 1 is 1.39 bits per heavy atom. The molecule has 0 bridgehead atoms. The molecule has 1 heterocycles. The fourth-order valence-electron chi connectivity index (χ4n) is 3.24. The van der Waals surface area contributed by atoms with Crippen LogP contribution < -0.4 is 0 Å². The van der Waals surface area contributed by atoms with Gasteiger partial charge in [-0.1, -0.05) is 31.5 Å². The Bertz CT molecular complexity index is 687. The lowest BCUT2D eigenvalue weighted by Crippen LogP contribution is -2.57. The van der Waals surface area contributed by atoms with E-state index >= 15 is 0 Å². The molecule has 0 aromatic heterocycles. The lowest BCUT2D eigenvalue weighted by Gasteiger charge is -2.42. The Morgan fingerprint density at radius 3 is 2.61 bits per heavy atom. The van der Waals surface area contributed by atoms with E-state index in [1.165, 1.54) is 10.4 Å². The van der Waals surface area contributed by atoms with Crippen molar-refractivity contribution < 1.29 is 23.4 Å². The maximum Gasteiger partial charge on any atom is 0.313 e. The van der Waals surface area contributed by atoms with Gasteiger partial charge in [0.1, 0.15) is 5.41 Å². The van der Waals surface area contributed by atoms with Gasteiger partial charge >= 0.3 is 5.97 Å². The van der Waals surface area contributed by atoms with Crippen LogP contribution in [0.2, 0.25) is 0 Å². The molecule has 0 radical (unpaired) electrons. The average molecular weight is 341 g/mol. The lowest BCUT2D eigenvalue weighted by atomic mass is 9.74. The zero-order chi connectivity index (χ0) is 17.3. The minimum Gasteiger partial charge on any atom is -0.481 e. The number of aliphatic carboxylic acids is 1. The van der Waals surface area contributed by atoms with Gasteiger partial charge in [-0.25, -0.2) is 8.42 Å². The van der Waals surface area contributed by atoms with Gasteiger partial charge in [-0.3, -0.25) is 4.79 Å². The van der Waals surface area contributed by atoms with Crippen LogP contribution in [0.25, 0.3) is 0 Å². The number of aryl methyl sites for hydroxylation is 1. The van der Waals surface area contributed by atoms with Gasteiger partial charge in [0.25, 0.3) is 0 Å². The van der Waals surface area contributed by atoms with Crippen molar-refractivity contribution in [2.45, 2.75) is 44.1 Å². The summed E-state index contributed by atoms with van der Waals surface area (Å²) in [5.41, 5.74) is -0.821. The van der Waals surface area contributed by atoms with E-state index in [1.54, 1.807) is 25.1 Å². The van der Waals surface area contributed by atoms with E-state index < -0.39 is 27.5 Å². The molecule has 0 saturated carbocycles. The first-order chi connectivity index (χ1) is 10.8. The highest BCUT2D eigenvalue weighted by atomic mass is 32.2. The van der Waals surface area contributed by atoms with Crippen LogP contribution in [0.1, 0.15) is 31.7 Å². The zero-order valence-corrected chi connectivity index (χ0v) is 14.2. The van der Waals surface area contributed by atoms with Crippen molar-refractivity contribution in [2.24, 2.45) is 5.41 Å². The minimum absolute atomic E-state index is 0.122. The molecule has 2 atom stereocenters. The summed E-state index contributed by atoms with van der Waals surface area (Å²) in [5, 5.41) is 19.8. The monoisotopic (exact) mass is 341 g/mol. The van der Waals surface area contributed by atoms with Crippen LogP contribution in [-0.4, -0.2) is 48.1 Å². The molecule has 1 aliphatic heterocycles. The van der Waals surface area contributed by atoms with E-state index in [0.717, 1.165) is 0 Å². The Balaban J connectivity index is 2.41. The predicted molar refractivity (Wildman–Crippen MR) is 85.5 cm³/mol. The van der Waals surface area contributed by atoms with E-state index in [2.05, 4.69) is 0 Å². The van der Waals surface area contributed by atoms with E-state index in [4.69, 9.17) is 0 Å². The Labute approximate surface area is 136 Å². The number of sulfonamides is 1. The molecule has 1 saturated heterocycles. The molecule has 7 heteroatoms. The van der Waals surface area contributed by atoms with Gasteiger partial charge in [0.2, 0.25) is 10.0 Å². The van der Waals surface area contributed by atoms with Crippen LogP contribution in [0, 0.1) is 12.3 Å². The summed E-state index contributed by atoms with van der Waals surface area (Å²) in [5.74, 6) is -1.14. The van der Waals surface area contributed by atoms with Gasteiger partial charge < -0.3 is 10.2 Å². The SMILES string of the molecule is CCC[C@]1(C(=O)O)CN(S(=O)(=O)c2ccccc2C)CC[C@@H]1O. The number of benzene rings is 1. The average Bonchev–Trinajstić information content (AvgIpc) is 2.49. The number of hydrogen-bond donors (Lipinski definition) is 2. The highest BCUT2D eigenvalue weighted by Gasteiger charge is 2.51. The third-order valence-corrected chi connectivity index (χ3v) is 6.59. The molecule has 0 unspecified atom stereocenters. The fourth-order valence-corrected chi connectivity index (χ4v) is 4.99. The summed E-state index contributed by atoms with van der Waals surface area (Å²) in [6.45, 7) is 3.46. The first-order valence-electron chi connectivity index (χ1n) is 7.73. The third-order valence-electron chi connectivity index (χ3n) is 4.58. The van der Waals surface area contributed by atoms with Crippen molar-refractivity contribution in [3.63, 3.8) is 0 Å². The second-order valence-electron chi connectivity index (χ2n) is 6.12.